The summed E-state index contributed by atoms with van der Waals surface area (Å²) in [5, 5.41) is 9.36. The number of aryl methyl sites for hydroxylation is 1. The fourth-order valence-corrected chi connectivity index (χ4v) is 3.23. The number of hydrogen-bond acceptors (Lipinski definition) is 6. The van der Waals surface area contributed by atoms with Crippen molar-refractivity contribution in [3.8, 4) is 17.1 Å². The lowest BCUT2D eigenvalue weighted by Gasteiger charge is -2.20. The summed E-state index contributed by atoms with van der Waals surface area (Å²) in [7, 11) is 0. The van der Waals surface area contributed by atoms with Crippen LogP contribution in [0, 0.1) is 5.82 Å². The van der Waals surface area contributed by atoms with E-state index >= 15 is 0 Å². The number of nitrogens with zero attached hydrogens (tertiary/aromatic N) is 4. The van der Waals surface area contributed by atoms with Crippen LogP contribution in [0.25, 0.3) is 11.3 Å². The van der Waals surface area contributed by atoms with Crippen LogP contribution in [-0.4, -0.2) is 25.0 Å². The van der Waals surface area contributed by atoms with Crippen LogP contribution in [0.15, 0.2) is 36.8 Å². The Hall–Kier alpha value is -2.93. The largest absolute Gasteiger partial charge is 0.471 e. The van der Waals surface area contributed by atoms with Crippen molar-refractivity contribution >= 4 is 0 Å². The molecule has 0 aliphatic heterocycles. The molecule has 27 heavy (non-hydrogen) atoms. The Morgan fingerprint density at radius 3 is 2.74 bits per heavy atom. The van der Waals surface area contributed by atoms with E-state index in [9.17, 15) is 9.50 Å². The molecule has 0 fully saturated rings. The molecule has 4 rings (SSSR count). The van der Waals surface area contributed by atoms with Crippen LogP contribution >= 0.6 is 0 Å². The first kappa shape index (κ1) is 17.5. The molecule has 0 amide bonds. The molecular formula is C20H19FN4O2. The summed E-state index contributed by atoms with van der Waals surface area (Å²) in [6.07, 6.45) is 8.42. The third-order valence-corrected chi connectivity index (χ3v) is 4.56. The highest BCUT2D eigenvalue weighted by Crippen LogP contribution is 2.32. The van der Waals surface area contributed by atoms with Crippen molar-refractivity contribution in [2.24, 2.45) is 0 Å². The van der Waals surface area contributed by atoms with Gasteiger partial charge in [0.25, 0.3) is 0 Å². The Bertz CT molecular complexity index is 947. The van der Waals surface area contributed by atoms with Crippen LogP contribution < -0.4 is 4.74 Å². The molecule has 3 heterocycles. The highest BCUT2D eigenvalue weighted by Gasteiger charge is 2.19. The van der Waals surface area contributed by atoms with Crippen molar-refractivity contribution < 1.29 is 14.2 Å². The zero-order valence-corrected chi connectivity index (χ0v) is 14.7. The van der Waals surface area contributed by atoms with Gasteiger partial charge < -0.3 is 9.84 Å². The minimum absolute atomic E-state index is 0.159. The van der Waals surface area contributed by atoms with Gasteiger partial charge in [0.05, 0.1) is 42.3 Å². The summed E-state index contributed by atoms with van der Waals surface area (Å²) in [5.41, 5.74) is 4.96. The molecule has 1 aliphatic carbocycles. The number of pyridine rings is 2. The molecule has 138 valence electrons. The highest BCUT2D eigenvalue weighted by atomic mass is 19.1. The molecule has 3 aromatic heterocycles. The third-order valence-electron chi connectivity index (χ3n) is 4.56. The number of rotatable bonds is 5. The maximum Gasteiger partial charge on any atom is 0.214 e. The van der Waals surface area contributed by atoms with Gasteiger partial charge in [0.1, 0.15) is 12.4 Å². The van der Waals surface area contributed by atoms with Crippen LogP contribution in [0.5, 0.6) is 5.88 Å². The fourth-order valence-electron chi connectivity index (χ4n) is 3.23. The minimum atomic E-state index is -0.379. The van der Waals surface area contributed by atoms with Crippen LogP contribution in [0.4, 0.5) is 4.39 Å². The standard InChI is InChI=1S/C20H19FN4O2/c21-13-5-6-14(23-8-13)12-27-20-7-17(16-3-1-2-4-18(16)25-20)19-10-22-9-15(11-26)24-19/h5-10,26H,1-4,11-12H2. The lowest BCUT2D eigenvalue weighted by Crippen LogP contribution is -2.10. The Kier molecular flexibility index (Phi) is 5.02. The quantitative estimate of drug-likeness (QED) is 0.748. The molecule has 3 aromatic rings. The Labute approximate surface area is 156 Å². The van der Waals surface area contributed by atoms with Crippen molar-refractivity contribution in [1.29, 1.82) is 0 Å². The van der Waals surface area contributed by atoms with E-state index in [1.165, 1.54) is 12.3 Å². The molecule has 0 saturated heterocycles. The minimum Gasteiger partial charge on any atom is -0.471 e. The predicted octanol–water partition coefficient (Wildman–Crippen LogP) is 3.02. The molecule has 0 unspecified atom stereocenters. The first-order chi connectivity index (χ1) is 13.2. The van der Waals surface area contributed by atoms with Crippen LogP contribution in [0.2, 0.25) is 0 Å². The molecule has 1 N–H and O–H groups in total. The molecule has 0 aromatic carbocycles. The maximum atomic E-state index is 13.0. The molecular weight excluding hydrogens is 347 g/mol. The van der Waals surface area contributed by atoms with Gasteiger partial charge in [-0.25, -0.2) is 14.4 Å². The average Bonchev–Trinajstić information content (AvgIpc) is 2.73. The van der Waals surface area contributed by atoms with E-state index in [-0.39, 0.29) is 19.0 Å². The Morgan fingerprint density at radius 2 is 1.93 bits per heavy atom. The normalized spacial score (nSPS) is 13.3. The molecule has 0 atom stereocenters. The van der Waals surface area contributed by atoms with E-state index in [0.29, 0.717) is 23.0 Å². The summed E-state index contributed by atoms with van der Waals surface area (Å²) in [5.74, 6) is 0.100. The number of halogens is 1. The van der Waals surface area contributed by atoms with E-state index < -0.39 is 0 Å². The molecule has 1 aliphatic rings. The van der Waals surface area contributed by atoms with Crippen molar-refractivity contribution in [3.05, 3.63) is 65.3 Å². The van der Waals surface area contributed by atoms with Gasteiger partial charge in [-0.15, -0.1) is 0 Å². The molecule has 0 saturated carbocycles. The van der Waals surface area contributed by atoms with Gasteiger partial charge in [-0.3, -0.25) is 9.97 Å². The van der Waals surface area contributed by atoms with Gasteiger partial charge in [0.2, 0.25) is 5.88 Å². The van der Waals surface area contributed by atoms with E-state index in [1.807, 2.05) is 6.07 Å². The lowest BCUT2D eigenvalue weighted by atomic mass is 9.91. The van der Waals surface area contributed by atoms with E-state index in [4.69, 9.17) is 4.74 Å². The molecule has 0 radical (unpaired) electrons. The number of hydrogen-bond donors (Lipinski definition) is 1. The maximum absolute atomic E-state index is 13.0. The summed E-state index contributed by atoms with van der Waals surface area (Å²) in [4.78, 5) is 17.3. The zero-order valence-electron chi connectivity index (χ0n) is 14.7. The van der Waals surface area contributed by atoms with Gasteiger partial charge in [-0.05, 0) is 43.4 Å². The smallest absolute Gasteiger partial charge is 0.214 e. The zero-order chi connectivity index (χ0) is 18.6. The second-order valence-electron chi connectivity index (χ2n) is 6.45. The van der Waals surface area contributed by atoms with E-state index in [0.717, 1.165) is 42.5 Å². The summed E-state index contributed by atoms with van der Waals surface area (Å²) < 4.78 is 18.8. The predicted molar refractivity (Wildman–Crippen MR) is 96.4 cm³/mol. The van der Waals surface area contributed by atoms with Gasteiger partial charge in [0, 0.05) is 17.3 Å². The first-order valence-corrected chi connectivity index (χ1v) is 8.91. The number of aliphatic hydroxyl groups is 1. The summed E-state index contributed by atoms with van der Waals surface area (Å²) >= 11 is 0. The Balaban J connectivity index is 1.67. The molecule has 0 spiro atoms. The van der Waals surface area contributed by atoms with Gasteiger partial charge >= 0.3 is 0 Å². The van der Waals surface area contributed by atoms with Gasteiger partial charge in [0.15, 0.2) is 0 Å². The number of ether oxygens (including phenoxy) is 1. The average molecular weight is 366 g/mol. The monoisotopic (exact) mass is 366 g/mol. The van der Waals surface area contributed by atoms with Crippen molar-refractivity contribution in [1.82, 2.24) is 19.9 Å². The number of aromatic nitrogens is 4. The van der Waals surface area contributed by atoms with Crippen molar-refractivity contribution in [2.75, 3.05) is 0 Å². The van der Waals surface area contributed by atoms with E-state index in [2.05, 4.69) is 19.9 Å². The number of fused-ring (bicyclic) bond motifs is 1. The molecule has 0 bridgehead atoms. The van der Waals surface area contributed by atoms with E-state index in [1.54, 1.807) is 18.5 Å². The molecule has 6 nitrogen and oxygen atoms in total. The second kappa shape index (κ2) is 7.75. The third kappa shape index (κ3) is 3.93. The fraction of sp³-hybridized carbons (Fsp3) is 0.300. The highest BCUT2D eigenvalue weighted by molar-refractivity contribution is 5.65. The lowest BCUT2D eigenvalue weighted by molar-refractivity contribution is 0.276. The van der Waals surface area contributed by atoms with Crippen LogP contribution in [-0.2, 0) is 26.1 Å². The summed E-state index contributed by atoms with van der Waals surface area (Å²) in [6.45, 7) is 0.0432. The van der Waals surface area contributed by atoms with Gasteiger partial charge in [-0.1, -0.05) is 0 Å². The van der Waals surface area contributed by atoms with Crippen molar-refractivity contribution in [2.45, 2.75) is 38.9 Å². The van der Waals surface area contributed by atoms with Crippen molar-refractivity contribution in [3.63, 3.8) is 0 Å². The first-order valence-electron chi connectivity index (χ1n) is 8.91. The van der Waals surface area contributed by atoms with Gasteiger partial charge in [-0.2, -0.15) is 0 Å². The number of aliphatic hydroxyl groups excluding tert-OH is 1. The SMILES string of the molecule is OCc1cncc(-c2cc(OCc3ccc(F)cn3)nc3c2CCCC3)n1. The second-order valence-corrected chi connectivity index (χ2v) is 6.45. The molecule has 7 heteroatoms. The van der Waals surface area contributed by atoms with Crippen LogP contribution in [0.1, 0.15) is 35.5 Å². The topological polar surface area (TPSA) is 81.0 Å². The summed E-state index contributed by atoms with van der Waals surface area (Å²) in [6, 6.07) is 4.80. The van der Waals surface area contributed by atoms with Crippen LogP contribution in [0.3, 0.4) is 0 Å². The Morgan fingerprint density at radius 1 is 1.04 bits per heavy atom.